The summed E-state index contributed by atoms with van der Waals surface area (Å²) >= 11 is 0. The van der Waals surface area contributed by atoms with E-state index in [2.05, 4.69) is 64.3 Å². The van der Waals surface area contributed by atoms with Crippen molar-refractivity contribution in [1.29, 1.82) is 0 Å². The molecule has 0 aliphatic rings. The van der Waals surface area contributed by atoms with E-state index >= 15 is 0 Å². The molecule has 0 aliphatic heterocycles. The summed E-state index contributed by atoms with van der Waals surface area (Å²) < 4.78 is 1.34. The van der Waals surface area contributed by atoms with E-state index in [-0.39, 0.29) is 12.4 Å². The van der Waals surface area contributed by atoms with E-state index in [1.54, 1.807) is 0 Å². The number of hydrogen-bond donors (Lipinski definition) is 0. The standard InChI is InChI=1S/C55H108N.ClH/c1-5-8-11-14-17-20-23-26-29-32-35-38-41-44-47-50-53-56(4,54-51-48-45-42-39-36-33-30-27-24-21-18-15-12-9-6-2)55-52-49-46-43-40-37-34-31-28-25-22-19-16-13-10-7-3;/h26-31H,5-25,32-55H2,1-4H3;1H/q+1;/p-1/b29-26-,30-27-,31-28?;. The van der Waals surface area contributed by atoms with Gasteiger partial charge in [0.05, 0.1) is 26.7 Å². The molecule has 57 heavy (non-hydrogen) atoms. The van der Waals surface area contributed by atoms with Gasteiger partial charge < -0.3 is 16.9 Å². The summed E-state index contributed by atoms with van der Waals surface area (Å²) in [6, 6.07) is 0. The summed E-state index contributed by atoms with van der Waals surface area (Å²) in [6.07, 6.45) is 73.9. The Bertz CT molecular complexity index is 696. The van der Waals surface area contributed by atoms with Gasteiger partial charge in [0.1, 0.15) is 0 Å². The van der Waals surface area contributed by atoms with Gasteiger partial charge in [-0.15, -0.1) is 0 Å². The minimum absolute atomic E-state index is 0. The van der Waals surface area contributed by atoms with Gasteiger partial charge in [0.2, 0.25) is 0 Å². The molecule has 0 aromatic rings. The lowest BCUT2D eigenvalue weighted by Crippen LogP contribution is -3.00. The Morgan fingerprint density at radius 1 is 0.228 bits per heavy atom. The van der Waals surface area contributed by atoms with Crippen LogP contribution >= 0.6 is 0 Å². The van der Waals surface area contributed by atoms with Crippen molar-refractivity contribution in [3.8, 4) is 0 Å². The first-order chi connectivity index (χ1) is 27.7. The number of hydrogen-bond acceptors (Lipinski definition) is 0. The van der Waals surface area contributed by atoms with Crippen molar-refractivity contribution in [3.05, 3.63) is 36.5 Å². The molecule has 2 heteroatoms. The molecule has 0 unspecified atom stereocenters. The Morgan fingerprint density at radius 2 is 0.386 bits per heavy atom. The predicted octanol–water partition coefficient (Wildman–Crippen LogP) is 16.5. The molecule has 0 radical (unpaired) electrons. The van der Waals surface area contributed by atoms with E-state index in [1.165, 1.54) is 294 Å². The highest BCUT2D eigenvalue weighted by molar-refractivity contribution is 4.82. The largest absolute Gasteiger partial charge is 1.00 e. The zero-order valence-electron chi connectivity index (χ0n) is 40.1. The topological polar surface area (TPSA) is 0 Å². The second-order valence-electron chi connectivity index (χ2n) is 18.6. The van der Waals surface area contributed by atoms with Gasteiger partial charge in [-0.3, -0.25) is 0 Å². The molecular weight excluding hydrogens is 710 g/mol. The van der Waals surface area contributed by atoms with Gasteiger partial charge in [0, 0.05) is 0 Å². The maximum Gasteiger partial charge on any atom is 0.0784 e. The second kappa shape index (κ2) is 51.6. The van der Waals surface area contributed by atoms with Crippen LogP contribution in [0, 0.1) is 0 Å². The summed E-state index contributed by atoms with van der Waals surface area (Å²) in [7, 11) is 2.62. The number of rotatable bonds is 48. The average molecular weight is 819 g/mol. The number of quaternary nitrogens is 1. The zero-order valence-corrected chi connectivity index (χ0v) is 40.9. The van der Waals surface area contributed by atoms with Gasteiger partial charge in [0.25, 0.3) is 0 Å². The number of nitrogens with zero attached hydrogens (tertiary/aromatic N) is 1. The van der Waals surface area contributed by atoms with E-state index in [1.807, 2.05) is 0 Å². The minimum atomic E-state index is 0. The third-order valence-corrected chi connectivity index (χ3v) is 12.6. The molecule has 0 aromatic heterocycles. The summed E-state index contributed by atoms with van der Waals surface area (Å²) in [5, 5.41) is 0. The lowest BCUT2D eigenvalue weighted by molar-refractivity contribution is -0.910. The van der Waals surface area contributed by atoms with Gasteiger partial charge in [0.15, 0.2) is 0 Å². The van der Waals surface area contributed by atoms with Crippen LogP contribution in [0.5, 0.6) is 0 Å². The summed E-state index contributed by atoms with van der Waals surface area (Å²) in [4.78, 5) is 0. The molecule has 0 aliphatic carbocycles. The lowest BCUT2D eigenvalue weighted by atomic mass is 10.1. The van der Waals surface area contributed by atoms with Crippen molar-refractivity contribution in [3.63, 3.8) is 0 Å². The van der Waals surface area contributed by atoms with Gasteiger partial charge in [-0.25, -0.2) is 0 Å². The molecular formula is C55H108ClN. The van der Waals surface area contributed by atoms with E-state index < -0.39 is 0 Å². The SMILES string of the molecule is CCCCCCCCC=CCCCCCCCC[N+](C)(CCCCCCCC/C=C\CCCCCCCC)CCCCCCCC/C=C\CCCCCCCC.[Cl-]. The van der Waals surface area contributed by atoms with Crippen molar-refractivity contribution in [2.75, 3.05) is 26.7 Å². The third-order valence-electron chi connectivity index (χ3n) is 12.6. The van der Waals surface area contributed by atoms with Crippen molar-refractivity contribution in [2.24, 2.45) is 0 Å². The molecule has 0 rings (SSSR count). The van der Waals surface area contributed by atoms with Crippen LogP contribution in [0.2, 0.25) is 0 Å². The fraction of sp³-hybridized carbons (Fsp3) is 0.891. The van der Waals surface area contributed by atoms with Crippen molar-refractivity contribution in [2.45, 2.75) is 290 Å². The normalized spacial score (nSPS) is 12.2. The molecule has 0 bridgehead atoms. The van der Waals surface area contributed by atoms with E-state index in [4.69, 9.17) is 0 Å². The van der Waals surface area contributed by atoms with Crippen molar-refractivity contribution < 1.29 is 16.9 Å². The van der Waals surface area contributed by atoms with Crippen LogP contribution in [0.1, 0.15) is 290 Å². The monoisotopic (exact) mass is 818 g/mol. The Hall–Kier alpha value is -0.530. The van der Waals surface area contributed by atoms with E-state index in [0.717, 1.165) is 0 Å². The first kappa shape index (κ1) is 58.6. The Labute approximate surface area is 369 Å². The summed E-state index contributed by atoms with van der Waals surface area (Å²) in [6.45, 7) is 11.2. The molecule has 0 saturated heterocycles. The number of unbranched alkanes of at least 4 members (excludes halogenated alkanes) is 36. The highest BCUT2D eigenvalue weighted by Crippen LogP contribution is 2.18. The summed E-state index contributed by atoms with van der Waals surface area (Å²) in [5.74, 6) is 0. The van der Waals surface area contributed by atoms with Crippen LogP contribution < -0.4 is 12.4 Å². The van der Waals surface area contributed by atoms with Crippen LogP contribution in [0.3, 0.4) is 0 Å². The molecule has 0 aromatic carbocycles. The fourth-order valence-corrected chi connectivity index (χ4v) is 8.56. The molecule has 1 nitrogen and oxygen atoms in total. The molecule has 0 amide bonds. The van der Waals surface area contributed by atoms with Crippen molar-refractivity contribution in [1.82, 2.24) is 0 Å². The highest BCUT2D eigenvalue weighted by atomic mass is 35.5. The molecule has 0 spiro atoms. The first-order valence-electron chi connectivity index (χ1n) is 26.5. The molecule has 0 N–H and O–H groups in total. The van der Waals surface area contributed by atoms with E-state index in [0.29, 0.717) is 0 Å². The summed E-state index contributed by atoms with van der Waals surface area (Å²) in [5.41, 5.74) is 0. The predicted molar refractivity (Wildman–Crippen MR) is 259 cm³/mol. The molecule has 340 valence electrons. The fourth-order valence-electron chi connectivity index (χ4n) is 8.56. The van der Waals surface area contributed by atoms with Crippen LogP contribution in [0.15, 0.2) is 36.5 Å². The Morgan fingerprint density at radius 3 is 0.579 bits per heavy atom. The lowest BCUT2D eigenvalue weighted by Gasteiger charge is -2.35. The average Bonchev–Trinajstić information content (AvgIpc) is 3.20. The molecule has 0 atom stereocenters. The van der Waals surface area contributed by atoms with Gasteiger partial charge in [-0.1, -0.05) is 211 Å². The smallest absolute Gasteiger partial charge is 0.0784 e. The minimum Gasteiger partial charge on any atom is -1.00 e. The van der Waals surface area contributed by atoms with Gasteiger partial charge >= 0.3 is 0 Å². The molecule has 0 saturated carbocycles. The number of allylic oxidation sites excluding steroid dienone is 6. The number of halogens is 1. The van der Waals surface area contributed by atoms with E-state index in [9.17, 15) is 0 Å². The third kappa shape index (κ3) is 49.7. The quantitative estimate of drug-likeness (QED) is 0.0326. The van der Waals surface area contributed by atoms with Crippen LogP contribution in [0.25, 0.3) is 0 Å². The van der Waals surface area contributed by atoms with Crippen LogP contribution in [-0.4, -0.2) is 31.2 Å². The van der Waals surface area contributed by atoms with Gasteiger partial charge in [-0.05, 0) is 116 Å². The Balaban J connectivity index is 0. The first-order valence-corrected chi connectivity index (χ1v) is 26.5. The zero-order chi connectivity index (χ0) is 40.6. The maximum absolute atomic E-state index is 2.62. The van der Waals surface area contributed by atoms with Crippen molar-refractivity contribution >= 4 is 0 Å². The Kier molecular flexibility index (Phi) is 53.0. The highest BCUT2D eigenvalue weighted by Gasteiger charge is 2.20. The second-order valence-corrected chi connectivity index (χ2v) is 18.6. The van der Waals surface area contributed by atoms with Crippen LogP contribution in [0.4, 0.5) is 0 Å². The molecule has 0 heterocycles. The maximum atomic E-state index is 2.62. The van der Waals surface area contributed by atoms with Crippen LogP contribution in [-0.2, 0) is 0 Å². The van der Waals surface area contributed by atoms with Gasteiger partial charge in [-0.2, -0.15) is 0 Å². The molecule has 0 fully saturated rings.